The molecule has 0 N–H and O–H groups in total. The molecule has 0 bridgehead atoms. The van der Waals surface area contributed by atoms with E-state index < -0.39 is 0 Å². The number of benzene rings is 12. The highest BCUT2D eigenvalue weighted by Crippen LogP contribution is 2.46. The Morgan fingerprint density at radius 2 is 0.873 bits per heavy atom. The quantitative estimate of drug-likeness (QED) is 0.142. The van der Waals surface area contributed by atoms with Crippen LogP contribution >= 0.6 is 0 Å². The van der Waals surface area contributed by atoms with Crippen molar-refractivity contribution in [3.8, 4) is 50.2 Å². The van der Waals surface area contributed by atoms with Crippen LogP contribution in [-0.2, 0) is 0 Å². The minimum absolute atomic E-state index is 0.880. The number of furan rings is 1. The average Bonchev–Trinajstić information content (AvgIpc) is 4.00. The number of fused-ring (bicyclic) bond motifs is 9. The fraction of sp³-hybridized carbons (Fsp3) is 0. The number of para-hydroxylation sites is 5. The van der Waals surface area contributed by atoms with E-state index in [9.17, 15) is 0 Å². The molecule has 3 nitrogen and oxygen atoms in total. The van der Waals surface area contributed by atoms with Gasteiger partial charge in [0.1, 0.15) is 11.2 Å². The summed E-state index contributed by atoms with van der Waals surface area (Å²) in [5, 5.41) is 9.69. The van der Waals surface area contributed by atoms with Crippen molar-refractivity contribution >= 4 is 82.4 Å². The summed E-state index contributed by atoms with van der Waals surface area (Å²) in [6, 6.07) is 96.8. The number of hydrogen-bond donors (Lipinski definition) is 0. The average molecular weight is 905 g/mol. The predicted octanol–water partition coefficient (Wildman–Crippen LogP) is 19.1. The maximum absolute atomic E-state index is 6.70. The first kappa shape index (κ1) is 40.6. The Morgan fingerprint density at radius 3 is 1.70 bits per heavy atom. The molecule has 2 heterocycles. The van der Waals surface area contributed by atoms with Crippen LogP contribution in [0.15, 0.2) is 271 Å². The fourth-order valence-corrected chi connectivity index (χ4v) is 11.0. The van der Waals surface area contributed by atoms with E-state index in [1.165, 1.54) is 60.0 Å². The third-order valence-corrected chi connectivity index (χ3v) is 14.4. The van der Waals surface area contributed by atoms with Gasteiger partial charge < -0.3 is 13.9 Å². The summed E-state index contributed by atoms with van der Waals surface area (Å²) in [4.78, 5) is 2.41. The molecular formula is C68H44N2O. The molecule has 2 aromatic heterocycles. The van der Waals surface area contributed by atoms with Gasteiger partial charge in [-0.2, -0.15) is 0 Å². The number of nitrogens with zero attached hydrogens (tertiary/aromatic N) is 2. The van der Waals surface area contributed by atoms with Gasteiger partial charge in [-0.25, -0.2) is 0 Å². The zero-order chi connectivity index (χ0) is 46.8. The molecule has 0 amide bonds. The normalized spacial score (nSPS) is 11.7. The molecule has 0 unspecified atom stereocenters. The molecule has 0 saturated carbocycles. The topological polar surface area (TPSA) is 21.3 Å². The van der Waals surface area contributed by atoms with Crippen molar-refractivity contribution in [2.75, 3.05) is 4.90 Å². The molecule has 0 aliphatic rings. The van der Waals surface area contributed by atoms with Gasteiger partial charge in [0, 0.05) is 49.6 Å². The van der Waals surface area contributed by atoms with Crippen molar-refractivity contribution in [2.24, 2.45) is 0 Å². The Morgan fingerprint density at radius 1 is 0.296 bits per heavy atom. The fourth-order valence-electron chi connectivity index (χ4n) is 11.0. The van der Waals surface area contributed by atoms with Crippen molar-refractivity contribution in [1.82, 2.24) is 4.57 Å². The molecule has 0 aliphatic heterocycles. The van der Waals surface area contributed by atoms with Crippen LogP contribution in [0.4, 0.5) is 17.1 Å². The van der Waals surface area contributed by atoms with Gasteiger partial charge in [0.05, 0.1) is 22.4 Å². The molecule has 14 rings (SSSR count). The second kappa shape index (κ2) is 16.7. The molecule has 0 atom stereocenters. The van der Waals surface area contributed by atoms with Crippen molar-refractivity contribution in [1.29, 1.82) is 0 Å². The molecule has 12 aromatic carbocycles. The second-order valence-corrected chi connectivity index (χ2v) is 18.4. The van der Waals surface area contributed by atoms with E-state index in [2.05, 4.69) is 270 Å². The highest BCUT2D eigenvalue weighted by atomic mass is 16.3. The zero-order valence-electron chi connectivity index (χ0n) is 38.7. The van der Waals surface area contributed by atoms with Crippen LogP contribution < -0.4 is 4.90 Å². The molecule has 0 saturated heterocycles. The highest BCUT2D eigenvalue weighted by molar-refractivity contribution is 6.12. The van der Waals surface area contributed by atoms with Gasteiger partial charge >= 0.3 is 0 Å². The van der Waals surface area contributed by atoms with Gasteiger partial charge in [-0.15, -0.1) is 0 Å². The Kier molecular flexibility index (Phi) is 9.53. The van der Waals surface area contributed by atoms with E-state index in [-0.39, 0.29) is 0 Å². The van der Waals surface area contributed by atoms with Crippen LogP contribution in [0.3, 0.4) is 0 Å². The van der Waals surface area contributed by atoms with E-state index in [0.29, 0.717) is 0 Å². The van der Waals surface area contributed by atoms with Crippen LogP contribution in [0.5, 0.6) is 0 Å². The zero-order valence-corrected chi connectivity index (χ0v) is 38.7. The lowest BCUT2D eigenvalue weighted by Gasteiger charge is -2.28. The molecule has 0 aliphatic carbocycles. The summed E-state index contributed by atoms with van der Waals surface area (Å²) in [7, 11) is 0. The standard InChI is InChI=1S/C68H44N2O/c1-2-16-45(17-3-1)50-37-41-56(66(44-50)70-64-29-11-6-22-57(64)58-23-7-12-30-65(58)70)47-34-38-52(39-35-47)69(63-28-10-8-24-59(63)61-26-15-27-62-60-25-9-13-31-67(60)71-68(61)62)53-20-14-19-48(43-53)49-36-40-55-51(42-49)33-32-46-18-4-5-21-54(46)55/h1-44H. The van der Waals surface area contributed by atoms with E-state index >= 15 is 0 Å². The number of anilines is 3. The molecule has 332 valence electrons. The molecule has 0 radical (unpaired) electrons. The van der Waals surface area contributed by atoms with Crippen LogP contribution in [0.25, 0.3) is 115 Å². The van der Waals surface area contributed by atoms with Gasteiger partial charge in [0.25, 0.3) is 0 Å². The molecule has 0 spiro atoms. The minimum Gasteiger partial charge on any atom is -0.455 e. The van der Waals surface area contributed by atoms with E-state index in [1.807, 2.05) is 6.07 Å². The van der Waals surface area contributed by atoms with Crippen molar-refractivity contribution < 1.29 is 4.42 Å². The summed E-state index contributed by atoms with van der Waals surface area (Å²) in [5.74, 6) is 0. The van der Waals surface area contributed by atoms with E-state index in [1.54, 1.807) is 0 Å². The molecule has 0 fully saturated rings. The van der Waals surface area contributed by atoms with Gasteiger partial charge in [0.15, 0.2) is 0 Å². The van der Waals surface area contributed by atoms with Crippen LogP contribution in [0.2, 0.25) is 0 Å². The first-order valence-electron chi connectivity index (χ1n) is 24.3. The maximum atomic E-state index is 6.70. The van der Waals surface area contributed by atoms with Crippen molar-refractivity contribution in [3.05, 3.63) is 267 Å². The van der Waals surface area contributed by atoms with Gasteiger partial charge in [-0.1, -0.05) is 206 Å². The second-order valence-electron chi connectivity index (χ2n) is 18.4. The smallest absolute Gasteiger partial charge is 0.143 e. The van der Waals surface area contributed by atoms with Crippen LogP contribution in [0.1, 0.15) is 0 Å². The van der Waals surface area contributed by atoms with E-state index in [4.69, 9.17) is 4.42 Å². The number of rotatable bonds is 8. The SMILES string of the molecule is c1ccc(-c2ccc(-c3ccc(N(c4cccc(-c5ccc6c(ccc7ccccc76)c5)c4)c4ccccc4-c4cccc5c4oc4ccccc45)cc3)c(-n3c4ccccc4c4ccccc43)c2)cc1. The number of hydrogen-bond acceptors (Lipinski definition) is 2. The van der Waals surface area contributed by atoms with Crippen LogP contribution in [0, 0.1) is 0 Å². The third-order valence-electron chi connectivity index (χ3n) is 14.4. The predicted molar refractivity (Wildman–Crippen MR) is 299 cm³/mol. The summed E-state index contributed by atoms with van der Waals surface area (Å²) in [5.41, 5.74) is 17.5. The molecule has 71 heavy (non-hydrogen) atoms. The lowest BCUT2D eigenvalue weighted by molar-refractivity contribution is 0.670. The maximum Gasteiger partial charge on any atom is 0.143 e. The number of aromatic nitrogens is 1. The third kappa shape index (κ3) is 6.82. The Balaban J connectivity index is 0.949. The molecular weight excluding hydrogens is 861 g/mol. The Bertz CT molecular complexity index is 4300. The summed E-state index contributed by atoms with van der Waals surface area (Å²) < 4.78 is 9.15. The van der Waals surface area contributed by atoms with Crippen molar-refractivity contribution in [2.45, 2.75) is 0 Å². The Labute approximate surface area is 411 Å². The first-order valence-corrected chi connectivity index (χ1v) is 24.3. The highest BCUT2D eigenvalue weighted by Gasteiger charge is 2.22. The summed E-state index contributed by atoms with van der Waals surface area (Å²) >= 11 is 0. The summed E-state index contributed by atoms with van der Waals surface area (Å²) in [6.07, 6.45) is 0. The van der Waals surface area contributed by atoms with Gasteiger partial charge in [0.2, 0.25) is 0 Å². The molecule has 3 heteroatoms. The summed E-state index contributed by atoms with van der Waals surface area (Å²) in [6.45, 7) is 0. The monoisotopic (exact) mass is 904 g/mol. The minimum atomic E-state index is 0.880. The van der Waals surface area contributed by atoms with Crippen LogP contribution in [-0.4, -0.2) is 4.57 Å². The van der Waals surface area contributed by atoms with E-state index in [0.717, 1.165) is 72.5 Å². The van der Waals surface area contributed by atoms with Crippen molar-refractivity contribution in [3.63, 3.8) is 0 Å². The largest absolute Gasteiger partial charge is 0.455 e. The lowest BCUT2D eigenvalue weighted by atomic mass is 9.96. The van der Waals surface area contributed by atoms with Gasteiger partial charge in [-0.3, -0.25) is 0 Å². The lowest BCUT2D eigenvalue weighted by Crippen LogP contribution is -2.11. The molecule has 14 aromatic rings. The van der Waals surface area contributed by atoms with Gasteiger partial charge in [-0.05, 0) is 110 Å². The first-order chi connectivity index (χ1) is 35.2. The Hall–Kier alpha value is -9.44.